The predicted octanol–water partition coefficient (Wildman–Crippen LogP) is -2.08. The highest BCUT2D eigenvalue weighted by Gasteiger charge is 2.72. The fourth-order valence-corrected chi connectivity index (χ4v) is 3.28. The normalized spacial score (nSPS) is 27.2. The van der Waals surface area contributed by atoms with E-state index in [4.69, 9.17) is 12.6 Å². The number of nitrogens with zero attached hydrogens (tertiary/aromatic N) is 1. The van der Waals surface area contributed by atoms with Crippen molar-refractivity contribution in [2.24, 2.45) is 0 Å². The van der Waals surface area contributed by atoms with Gasteiger partial charge in [0.1, 0.15) is 0 Å². The van der Waals surface area contributed by atoms with Gasteiger partial charge in [0.25, 0.3) is 0 Å². The van der Waals surface area contributed by atoms with Crippen molar-refractivity contribution < 1.29 is 45.2 Å². The number of methoxy groups -OCH3 is 1. The molecule has 10 nitrogen and oxygen atoms in total. The molecule has 13 heteroatoms. The second-order valence-electron chi connectivity index (χ2n) is 5.28. The van der Waals surface area contributed by atoms with Crippen LogP contribution in [0.15, 0.2) is 16.6 Å². The SMILES string of the molecule is [B]C1(O)N(c2cc(CBr)cc(Br)c2OC)C(O)(O)C(O)(O)OC1(O)O. The van der Waals surface area contributed by atoms with Gasteiger partial charge in [-0.2, -0.15) is 0 Å². The van der Waals surface area contributed by atoms with E-state index in [9.17, 15) is 35.7 Å². The Balaban J connectivity index is 2.83. The van der Waals surface area contributed by atoms with Gasteiger partial charge >= 0.3 is 17.9 Å². The van der Waals surface area contributed by atoms with Gasteiger partial charge in [-0.1, -0.05) is 15.9 Å². The summed E-state index contributed by atoms with van der Waals surface area (Å²) in [6, 6.07) is 2.79. The van der Waals surface area contributed by atoms with Gasteiger partial charge in [-0.25, -0.2) is 0 Å². The van der Waals surface area contributed by atoms with Gasteiger partial charge in [0, 0.05) is 5.33 Å². The molecule has 1 saturated heterocycles. The minimum absolute atomic E-state index is 0.0702. The van der Waals surface area contributed by atoms with Gasteiger partial charge in [-0.3, -0.25) is 9.64 Å². The summed E-state index contributed by atoms with van der Waals surface area (Å²) in [4.78, 5) is -0.0702. The van der Waals surface area contributed by atoms with Crippen LogP contribution in [-0.4, -0.2) is 74.2 Å². The molecule has 138 valence electrons. The number of hydrogen-bond acceptors (Lipinski definition) is 10. The third kappa shape index (κ3) is 3.08. The maximum Gasteiger partial charge on any atom is 0.362 e. The zero-order valence-corrected chi connectivity index (χ0v) is 15.8. The Kier molecular flexibility index (Phi) is 5.25. The quantitative estimate of drug-likeness (QED) is 0.143. The molecule has 0 saturated carbocycles. The lowest BCUT2D eigenvalue weighted by Crippen LogP contribution is -2.85. The van der Waals surface area contributed by atoms with Crippen LogP contribution >= 0.6 is 31.9 Å². The second-order valence-corrected chi connectivity index (χ2v) is 6.69. The summed E-state index contributed by atoms with van der Waals surface area (Å²) in [7, 11) is 6.62. The molecule has 1 unspecified atom stereocenters. The number of anilines is 1. The van der Waals surface area contributed by atoms with Crippen molar-refractivity contribution in [3.8, 4) is 5.75 Å². The fraction of sp³-hybridized carbons (Fsp3) is 0.500. The molecule has 0 aromatic heterocycles. The molecule has 7 N–H and O–H groups in total. The van der Waals surface area contributed by atoms with Crippen molar-refractivity contribution >= 4 is 45.4 Å². The van der Waals surface area contributed by atoms with Crippen molar-refractivity contribution in [2.45, 2.75) is 28.8 Å². The van der Waals surface area contributed by atoms with Crippen LogP contribution in [0.3, 0.4) is 0 Å². The minimum atomic E-state index is -3.97. The maximum atomic E-state index is 10.3. The second kappa shape index (κ2) is 6.30. The van der Waals surface area contributed by atoms with E-state index in [2.05, 4.69) is 36.6 Å². The summed E-state index contributed by atoms with van der Waals surface area (Å²) in [5, 5.41) is 69.9. The first kappa shape index (κ1) is 20.8. The molecule has 0 spiro atoms. The summed E-state index contributed by atoms with van der Waals surface area (Å²) < 4.78 is 9.29. The molecule has 0 aliphatic carbocycles. The number of halogens is 2. The molecule has 1 aromatic carbocycles. The number of ether oxygens (including phenoxy) is 2. The number of alkyl halides is 1. The Morgan fingerprint density at radius 1 is 1.12 bits per heavy atom. The van der Waals surface area contributed by atoms with Gasteiger partial charge in [0.05, 0.1) is 17.3 Å². The first-order valence-electron chi connectivity index (χ1n) is 6.51. The summed E-state index contributed by atoms with van der Waals surface area (Å²) in [5.74, 6) is -11.8. The lowest BCUT2D eigenvalue weighted by atomic mass is 9.83. The van der Waals surface area contributed by atoms with Crippen molar-refractivity contribution in [2.75, 3.05) is 12.0 Å². The molecule has 1 aromatic rings. The van der Waals surface area contributed by atoms with E-state index in [1.807, 2.05) is 0 Å². The van der Waals surface area contributed by atoms with Crippen LogP contribution in [0.25, 0.3) is 0 Å². The molecule has 2 radical (unpaired) electrons. The Hall–Kier alpha value is -0.475. The average Bonchev–Trinajstić information content (AvgIpc) is 2.43. The summed E-state index contributed by atoms with van der Waals surface area (Å²) in [5.41, 5.74) is -3.39. The topological polar surface area (TPSA) is 163 Å². The van der Waals surface area contributed by atoms with Crippen molar-refractivity contribution in [3.05, 3.63) is 22.2 Å². The van der Waals surface area contributed by atoms with Crippen LogP contribution in [0.2, 0.25) is 0 Å². The van der Waals surface area contributed by atoms with Gasteiger partial charge in [-0.05, 0) is 33.6 Å². The molecule has 25 heavy (non-hydrogen) atoms. The van der Waals surface area contributed by atoms with E-state index < -0.39 is 29.2 Å². The van der Waals surface area contributed by atoms with Gasteiger partial charge in [0.15, 0.2) is 19.2 Å². The summed E-state index contributed by atoms with van der Waals surface area (Å²) >= 11 is 6.34. The molecular formula is C12H14BBr2NO9. The van der Waals surface area contributed by atoms with Crippen LogP contribution in [-0.2, 0) is 10.1 Å². The van der Waals surface area contributed by atoms with Crippen LogP contribution in [0.4, 0.5) is 5.69 Å². The van der Waals surface area contributed by atoms with Crippen LogP contribution in [0, 0.1) is 0 Å². The number of rotatable bonds is 3. The molecule has 1 heterocycles. The highest BCUT2D eigenvalue weighted by molar-refractivity contribution is 9.10. The summed E-state index contributed by atoms with van der Waals surface area (Å²) in [6.07, 6.45) is 0. The summed E-state index contributed by atoms with van der Waals surface area (Å²) in [6.45, 7) is 0. The number of aliphatic hydroxyl groups is 7. The number of morpholine rings is 1. The standard InChI is InChI=1S/C12H14BBr2NO9/c1-24-8-6(15)2-5(4-14)3-7(8)16-9(13,17)11(20,21)25-12(22,23)10(16,18)19/h2-3,17-23H,4H2,1H3. The first-order valence-corrected chi connectivity index (χ1v) is 8.42. The largest absolute Gasteiger partial charge is 0.493 e. The Bertz CT molecular complexity index is 657. The highest BCUT2D eigenvalue weighted by Crippen LogP contribution is 2.48. The Labute approximate surface area is 159 Å². The molecule has 1 atom stereocenters. The lowest BCUT2D eigenvalue weighted by molar-refractivity contribution is -0.575. The van der Waals surface area contributed by atoms with E-state index in [-0.39, 0.29) is 20.5 Å². The molecular weight excluding hydrogens is 473 g/mol. The highest BCUT2D eigenvalue weighted by atomic mass is 79.9. The molecule has 1 fully saturated rings. The van der Waals surface area contributed by atoms with E-state index in [1.165, 1.54) is 13.2 Å². The Morgan fingerprint density at radius 3 is 2.16 bits per heavy atom. The number of benzene rings is 1. The van der Waals surface area contributed by atoms with Crippen LogP contribution in [0.5, 0.6) is 5.75 Å². The van der Waals surface area contributed by atoms with Crippen molar-refractivity contribution in [1.29, 1.82) is 0 Å². The third-order valence-corrected chi connectivity index (χ3v) is 4.77. The first-order chi connectivity index (χ1) is 11.2. The van der Waals surface area contributed by atoms with Crippen molar-refractivity contribution in [1.82, 2.24) is 0 Å². The average molecular weight is 487 g/mol. The molecule has 1 aliphatic heterocycles. The third-order valence-electron chi connectivity index (χ3n) is 3.54. The minimum Gasteiger partial charge on any atom is -0.493 e. The molecule has 0 amide bonds. The van der Waals surface area contributed by atoms with E-state index in [1.54, 1.807) is 6.07 Å². The van der Waals surface area contributed by atoms with Gasteiger partial charge in [0.2, 0.25) is 0 Å². The Morgan fingerprint density at radius 2 is 1.68 bits per heavy atom. The number of hydrogen-bond donors (Lipinski definition) is 7. The monoisotopic (exact) mass is 485 g/mol. The van der Waals surface area contributed by atoms with Gasteiger partial charge in [-0.15, -0.1) is 0 Å². The van der Waals surface area contributed by atoms with Crippen LogP contribution < -0.4 is 9.64 Å². The van der Waals surface area contributed by atoms with E-state index in [0.29, 0.717) is 5.56 Å². The van der Waals surface area contributed by atoms with E-state index in [0.717, 1.165) is 0 Å². The van der Waals surface area contributed by atoms with Crippen molar-refractivity contribution in [3.63, 3.8) is 0 Å². The zero-order chi connectivity index (χ0) is 19.4. The van der Waals surface area contributed by atoms with Gasteiger partial charge < -0.3 is 40.5 Å². The molecule has 1 aliphatic rings. The molecule has 0 bridgehead atoms. The van der Waals surface area contributed by atoms with E-state index >= 15 is 0 Å². The fourth-order valence-electron chi connectivity index (χ4n) is 2.30. The molecule has 2 rings (SSSR count). The predicted molar refractivity (Wildman–Crippen MR) is 89.1 cm³/mol. The smallest absolute Gasteiger partial charge is 0.362 e. The maximum absolute atomic E-state index is 10.3. The lowest BCUT2D eigenvalue weighted by Gasteiger charge is -2.58. The van der Waals surface area contributed by atoms with Crippen LogP contribution in [0.1, 0.15) is 5.56 Å². The zero-order valence-electron chi connectivity index (χ0n) is 12.6.